The van der Waals surface area contributed by atoms with Crippen LogP contribution in [0.15, 0.2) is 0 Å². The quantitative estimate of drug-likeness (QED) is 0.492. The fraction of sp³-hybridized carbons (Fsp3) is 0.778. The Kier molecular flexibility index (Phi) is 4.03. The Morgan fingerprint density at radius 2 is 2.43 bits per heavy atom. The molecule has 3 unspecified atom stereocenters. The van der Waals surface area contributed by atoms with Crippen LogP contribution in [0.5, 0.6) is 0 Å². The van der Waals surface area contributed by atoms with Crippen molar-refractivity contribution in [3.8, 4) is 0 Å². The van der Waals surface area contributed by atoms with Crippen LogP contribution in [-0.4, -0.2) is 42.8 Å². The zero-order chi connectivity index (χ0) is 10.6. The van der Waals surface area contributed by atoms with Gasteiger partial charge in [0.25, 0.3) is 0 Å². The first-order valence-corrected chi connectivity index (χ1v) is 4.59. The van der Waals surface area contributed by atoms with Crippen molar-refractivity contribution < 1.29 is 24.2 Å². The molecule has 1 saturated heterocycles. The second-order valence-corrected chi connectivity index (χ2v) is 3.17. The standard InChI is InChI=1S/C9H14O5/c1-2-13-9(12)3-6-7(11)5-14-8(6)4-10/h4,6-8,11H,2-3,5H2,1H3. The van der Waals surface area contributed by atoms with E-state index in [1.807, 2.05) is 0 Å². The van der Waals surface area contributed by atoms with E-state index in [1.54, 1.807) is 6.92 Å². The number of esters is 1. The van der Waals surface area contributed by atoms with Crippen molar-refractivity contribution in [2.45, 2.75) is 25.6 Å². The van der Waals surface area contributed by atoms with Crippen molar-refractivity contribution in [1.29, 1.82) is 0 Å². The van der Waals surface area contributed by atoms with Gasteiger partial charge < -0.3 is 19.4 Å². The van der Waals surface area contributed by atoms with Crippen LogP contribution in [0.3, 0.4) is 0 Å². The number of carbonyl (C=O) groups is 2. The summed E-state index contributed by atoms with van der Waals surface area (Å²) >= 11 is 0. The van der Waals surface area contributed by atoms with Crippen LogP contribution in [-0.2, 0) is 19.1 Å². The highest BCUT2D eigenvalue weighted by molar-refractivity contribution is 5.71. The minimum Gasteiger partial charge on any atom is -0.466 e. The van der Waals surface area contributed by atoms with E-state index in [9.17, 15) is 14.7 Å². The van der Waals surface area contributed by atoms with Crippen molar-refractivity contribution in [3.05, 3.63) is 0 Å². The highest BCUT2D eigenvalue weighted by Crippen LogP contribution is 2.23. The molecule has 0 amide bonds. The van der Waals surface area contributed by atoms with Gasteiger partial charge in [0, 0.05) is 5.92 Å². The van der Waals surface area contributed by atoms with Crippen molar-refractivity contribution in [2.75, 3.05) is 13.2 Å². The first-order valence-electron chi connectivity index (χ1n) is 4.59. The second-order valence-electron chi connectivity index (χ2n) is 3.17. The Morgan fingerprint density at radius 1 is 1.71 bits per heavy atom. The normalized spacial score (nSPS) is 31.4. The molecule has 1 heterocycles. The molecule has 3 atom stereocenters. The number of aliphatic hydroxyl groups excluding tert-OH is 1. The Labute approximate surface area is 82.0 Å². The highest BCUT2D eigenvalue weighted by Gasteiger charge is 2.37. The predicted molar refractivity (Wildman–Crippen MR) is 46.6 cm³/mol. The molecule has 0 aliphatic carbocycles. The van der Waals surface area contributed by atoms with Gasteiger partial charge in [-0.3, -0.25) is 4.79 Å². The van der Waals surface area contributed by atoms with Gasteiger partial charge in [0.05, 0.1) is 25.7 Å². The van der Waals surface area contributed by atoms with Gasteiger partial charge in [-0.25, -0.2) is 0 Å². The number of rotatable bonds is 4. The molecule has 1 aliphatic rings. The molecule has 0 bridgehead atoms. The number of ether oxygens (including phenoxy) is 2. The van der Waals surface area contributed by atoms with Gasteiger partial charge in [0.1, 0.15) is 12.4 Å². The molecule has 0 aromatic rings. The summed E-state index contributed by atoms with van der Waals surface area (Å²) in [5, 5.41) is 9.42. The van der Waals surface area contributed by atoms with E-state index in [4.69, 9.17) is 9.47 Å². The minimum atomic E-state index is -0.755. The molecule has 0 aromatic carbocycles. The Bertz CT molecular complexity index is 215. The summed E-state index contributed by atoms with van der Waals surface area (Å²) < 4.78 is 9.70. The number of hydrogen-bond donors (Lipinski definition) is 1. The topological polar surface area (TPSA) is 72.8 Å². The summed E-state index contributed by atoms with van der Waals surface area (Å²) in [5.41, 5.74) is 0. The fourth-order valence-corrected chi connectivity index (χ4v) is 1.48. The number of aliphatic hydroxyl groups is 1. The molecule has 0 spiro atoms. The van der Waals surface area contributed by atoms with E-state index in [0.717, 1.165) is 0 Å². The molecular formula is C9H14O5. The van der Waals surface area contributed by atoms with E-state index in [1.165, 1.54) is 0 Å². The number of hydrogen-bond acceptors (Lipinski definition) is 5. The summed E-state index contributed by atoms with van der Waals surface area (Å²) in [5.74, 6) is -0.875. The van der Waals surface area contributed by atoms with E-state index in [0.29, 0.717) is 12.9 Å². The van der Waals surface area contributed by atoms with E-state index >= 15 is 0 Å². The lowest BCUT2D eigenvalue weighted by molar-refractivity contribution is -0.145. The van der Waals surface area contributed by atoms with Gasteiger partial charge in [0.15, 0.2) is 0 Å². The van der Waals surface area contributed by atoms with Crippen LogP contribution >= 0.6 is 0 Å². The molecule has 14 heavy (non-hydrogen) atoms. The zero-order valence-electron chi connectivity index (χ0n) is 8.01. The fourth-order valence-electron chi connectivity index (χ4n) is 1.48. The van der Waals surface area contributed by atoms with Gasteiger partial charge in [-0.15, -0.1) is 0 Å². The lowest BCUT2D eigenvalue weighted by Gasteiger charge is -2.14. The largest absolute Gasteiger partial charge is 0.466 e. The minimum absolute atomic E-state index is 0.0262. The monoisotopic (exact) mass is 202 g/mol. The van der Waals surface area contributed by atoms with Crippen molar-refractivity contribution in [3.63, 3.8) is 0 Å². The van der Waals surface area contributed by atoms with Crippen LogP contribution in [0.2, 0.25) is 0 Å². The molecule has 5 heteroatoms. The Hall–Kier alpha value is -0.940. The SMILES string of the molecule is CCOC(=O)CC1C(O)COC1C=O. The molecule has 1 fully saturated rings. The third-order valence-corrected chi connectivity index (χ3v) is 2.22. The Morgan fingerprint density at radius 3 is 3.00 bits per heavy atom. The maximum Gasteiger partial charge on any atom is 0.306 e. The van der Waals surface area contributed by atoms with E-state index < -0.39 is 24.1 Å². The lowest BCUT2D eigenvalue weighted by Crippen LogP contribution is -2.28. The molecule has 1 N–H and O–H groups in total. The summed E-state index contributed by atoms with van der Waals surface area (Å²) in [6, 6.07) is 0. The number of carbonyl (C=O) groups excluding carboxylic acids is 2. The number of aldehydes is 1. The second kappa shape index (κ2) is 5.07. The Balaban J connectivity index is 2.48. The summed E-state index contributed by atoms with van der Waals surface area (Å²) in [4.78, 5) is 21.6. The average Bonchev–Trinajstić information content (AvgIpc) is 2.48. The highest BCUT2D eigenvalue weighted by atomic mass is 16.5. The molecule has 80 valence electrons. The van der Waals surface area contributed by atoms with Crippen LogP contribution in [0.25, 0.3) is 0 Å². The molecule has 0 saturated carbocycles. The van der Waals surface area contributed by atoms with Gasteiger partial charge in [-0.1, -0.05) is 0 Å². The maximum atomic E-state index is 11.1. The predicted octanol–water partition coefficient (Wildman–Crippen LogP) is -0.486. The maximum absolute atomic E-state index is 11.1. The third kappa shape index (κ3) is 2.52. The van der Waals surface area contributed by atoms with Gasteiger partial charge in [-0.05, 0) is 6.92 Å². The van der Waals surface area contributed by atoms with E-state index in [2.05, 4.69) is 0 Å². The lowest BCUT2D eigenvalue weighted by atomic mass is 9.96. The zero-order valence-corrected chi connectivity index (χ0v) is 8.01. The summed E-state index contributed by atoms with van der Waals surface area (Å²) in [7, 11) is 0. The van der Waals surface area contributed by atoms with Crippen molar-refractivity contribution in [2.24, 2.45) is 5.92 Å². The molecule has 0 aromatic heterocycles. The first-order chi connectivity index (χ1) is 6.69. The van der Waals surface area contributed by atoms with Crippen LogP contribution in [0.4, 0.5) is 0 Å². The van der Waals surface area contributed by atoms with Crippen LogP contribution in [0.1, 0.15) is 13.3 Å². The summed E-state index contributed by atoms with van der Waals surface area (Å²) in [6.07, 6.45) is -0.803. The van der Waals surface area contributed by atoms with Gasteiger partial charge in [0.2, 0.25) is 0 Å². The van der Waals surface area contributed by atoms with Crippen molar-refractivity contribution in [1.82, 2.24) is 0 Å². The first kappa shape index (κ1) is 11.1. The molecule has 1 rings (SSSR count). The average molecular weight is 202 g/mol. The van der Waals surface area contributed by atoms with Crippen LogP contribution in [0, 0.1) is 5.92 Å². The molecule has 5 nitrogen and oxygen atoms in total. The van der Waals surface area contributed by atoms with Crippen LogP contribution < -0.4 is 0 Å². The van der Waals surface area contributed by atoms with Gasteiger partial charge in [-0.2, -0.15) is 0 Å². The molecule has 0 radical (unpaired) electrons. The molecular weight excluding hydrogens is 188 g/mol. The smallest absolute Gasteiger partial charge is 0.306 e. The third-order valence-electron chi connectivity index (χ3n) is 2.22. The van der Waals surface area contributed by atoms with Gasteiger partial charge >= 0.3 is 5.97 Å². The van der Waals surface area contributed by atoms with E-state index in [-0.39, 0.29) is 13.0 Å². The molecule has 1 aliphatic heterocycles. The van der Waals surface area contributed by atoms with Crippen molar-refractivity contribution >= 4 is 12.3 Å². The summed E-state index contributed by atoms with van der Waals surface area (Å²) in [6.45, 7) is 2.11.